The molecule has 2 saturated heterocycles. The average Bonchev–Trinajstić information content (AvgIpc) is 3.62. The molecule has 0 amide bonds. The number of nitrogens with zero attached hydrogens (tertiary/aromatic N) is 2. The van der Waals surface area contributed by atoms with E-state index in [0.29, 0.717) is 0 Å². The molecule has 34 heavy (non-hydrogen) atoms. The normalized spacial score (nSPS) is 25.3. The Kier molecular flexibility index (Phi) is 5.90. The molecule has 2 nitrogen and oxygen atoms in total. The summed E-state index contributed by atoms with van der Waals surface area (Å²) in [5, 5.41) is 0. The molecule has 0 aromatic heterocycles. The zero-order valence-electron chi connectivity index (χ0n) is 20.3. The number of fused-ring (bicyclic) bond motifs is 2. The number of hydrogen-bond donors (Lipinski definition) is 0. The van der Waals surface area contributed by atoms with Crippen molar-refractivity contribution in [3.05, 3.63) is 82.2 Å². The van der Waals surface area contributed by atoms with Gasteiger partial charge in [-0.05, 0) is 0 Å². The molecule has 2 aliphatic heterocycles. The third kappa shape index (κ3) is 3.38. The van der Waals surface area contributed by atoms with Gasteiger partial charge in [0.2, 0.25) is 0 Å². The predicted molar refractivity (Wildman–Crippen MR) is 147 cm³/mol. The minimum atomic E-state index is -4.34. The first-order valence-corrected chi connectivity index (χ1v) is 24.8. The summed E-state index contributed by atoms with van der Waals surface area (Å²) in [6.45, 7) is 7.89. The summed E-state index contributed by atoms with van der Waals surface area (Å²) in [6, 6.07) is 17.9. The summed E-state index contributed by atoms with van der Waals surface area (Å²) in [4.78, 5) is 5.24. The second kappa shape index (κ2) is 8.56. The molecule has 2 heterocycles. The maximum atomic E-state index is 8.43. The quantitative estimate of drug-likeness (QED) is 0.362. The zero-order chi connectivity index (χ0) is 23.5. The van der Waals surface area contributed by atoms with Crippen molar-refractivity contribution in [1.29, 1.82) is 0 Å². The molecule has 4 aliphatic rings. The van der Waals surface area contributed by atoms with Crippen LogP contribution in [0.15, 0.2) is 59.9 Å². The second-order valence-corrected chi connectivity index (χ2v) is 40.3. The fraction of sp³-hybridized carbons (Fsp3) is 0.429. The van der Waals surface area contributed by atoms with Crippen LogP contribution in [0.1, 0.15) is 56.4 Å². The zero-order valence-corrected chi connectivity index (χ0v) is 24.5. The van der Waals surface area contributed by atoms with Crippen LogP contribution in [-0.4, -0.2) is 42.6 Å². The van der Waals surface area contributed by atoms with Gasteiger partial charge in [-0.25, -0.2) is 0 Å². The first-order valence-electron chi connectivity index (χ1n) is 13.1. The summed E-state index contributed by atoms with van der Waals surface area (Å²) in [5.74, 6) is 0. The van der Waals surface area contributed by atoms with E-state index in [-0.39, 0.29) is 8.45 Å². The SMILES string of the molecule is C[SiH](C)[Ti]([Cl])([Cl])([CH]1C(N2CCCC2)=Cc2ccccc21)[CH]1C(N2CCCC2)=Cc2ccccc21. The number of hydrogen-bond acceptors (Lipinski definition) is 2. The van der Waals surface area contributed by atoms with E-state index in [4.69, 9.17) is 18.6 Å². The predicted octanol–water partition coefficient (Wildman–Crippen LogP) is 7.35. The topological polar surface area (TPSA) is 6.48 Å². The minimum absolute atomic E-state index is 0.156. The van der Waals surface area contributed by atoms with Crippen molar-refractivity contribution in [3.63, 3.8) is 0 Å². The van der Waals surface area contributed by atoms with Crippen LogP contribution in [0.5, 0.6) is 0 Å². The van der Waals surface area contributed by atoms with E-state index >= 15 is 0 Å². The number of halogens is 2. The number of allylic oxidation sites excluding steroid dienone is 2. The van der Waals surface area contributed by atoms with Gasteiger partial charge in [0.25, 0.3) is 0 Å². The third-order valence-corrected chi connectivity index (χ3v) is 44.0. The molecule has 2 atom stereocenters. The monoisotopic (exact) mass is 545 g/mol. The van der Waals surface area contributed by atoms with Gasteiger partial charge < -0.3 is 0 Å². The standard InChI is InChI=1S/2C13H14N.C2H7Si.2ClH.Ti/c2*1-2-6-12-10-13(9-11(12)5-1)14-7-3-4-8-14;1-3-2;;;/h2*1-2,5-6,9-10H,3-4,7-8H2;3H,1-2H3;2*1H;/q;;;;;+2/p-2. The van der Waals surface area contributed by atoms with E-state index in [9.17, 15) is 0 Å². The molecule has 0 N–H and O–H groups in total. The molecular formula is C28H35Cl2N2SiTi. The Labute approximate surface area is 214 Å². The van der Waals surface area contributed by atoms with Crippen LogP contribution in [0.4, 0.5) is 0 Å². The Morgan fingerprint density at radius 3 is 1.44 bits per heavy atom. The van der Waals surface area contributed by atoms with E-state index < -0.39 is 19.1 Å². The van der Waals surface area contributed by atoms with E-state index in [0.717, 1.165) is 26.2 Å². The fourth-order valence-electron chi connectivity index (χ4n) is 7.11. The van der Waals surface area contributed by atoms with Crippen molar-refractivity contribution < 1.29 is 12.4 Å². The van der Waals surface area contributed by atoms with Crippen LogP contribution < -0.4 is 0 Å². The van der Waals surface area contributed by atoms with Crippen molar-refractivity contribution >= 4 is 37.4 Å². The molecule has 2 fully saturated rings. The van der Waals surface area contributed by atoms with Gasteiger partial charge in [-0.3, -0.25) is 0 Å². The van der Waals surface area contributed by atoms with Gasteiger partial charge in [0.15, 0.2) is 0 Å². The van der Waals surface area contributed by atoms with Gasteiger partial charge in [0, 0.05) is 0 Å². The van der Waals surface area contributed by atoms with E-state index in [1.165, 1.54) is 59.3 Å². The van der Waals surface area contributed by atoms with Gasteiger partial charge in [0.1, 0.15) is 0 Å². The van der Waals surface area contributed by atoms with E-state index in [2.05, 4.69) is 83.6 Å². The van der Waals surface area contributed by atoms with Gasteiger partial charge in [-0.1, -0.05) is 0 Å². The molecule has 2 aliphatic carbocycles. The summed E-state index contributed by atoms with van der Waals surface area (Å²) < 4.78 is 0.312. The van der Waals surface area contributed by atoms with Gasteiger partial charge in [-0.15, -0.1) is 0 Å². The van der Waals surface area contributed by atoms with Crippen LogP contribution >= 0.6 is 18.6 Å². The molecule has 0 radical (unpaired) electrons. The fourth-order valence-corrected chi connectivity index (χ4v) is 27.1. The van der Waals surface area contributed by atoms with Gasteiger partial charge in [0.05, 0.1) is 0 Å². The molecule has 2 unspecified atom stereocenters. The average molecular weight is 546 g/mol. The van der Waals surface area contributed by atoms with Crippen LogP contribution in [0.3, 0.4) is 0 Å². The van der Waals surface area contributed by atoms with Crippen LogP contribution in [-0.2, 0) is 12.4 Å². The molecule has 2 aromatic carbocycles. The number of benzene rings is 2. The van der Waals surface area contributed by atoms with Crippen LogP contribution in [0.2, 0.25) is 13.1 Å². The Bertz CT molecular complexity index is 1090. The molecule has 179 valence electrons. The summed E-state index contributed by atoms with van der Waals surface area (Å²) in [7, 11) is 16.9. The van der Waals surface area contributed by atoms with Crippen molar-refractivity contribution in [2.75, 3.05) is 26.2 Å². The first-order chi connectivity index (χ1) is 16.4. The summed E-state index contributed by atoms with van der Waals surface area (Å²) >= 11 is -4.34. The Hall–Kier alpha value is -0.969. The molecule has 2 aromatic rings. The molecule has 0 bridgehead atoms. The summed E-state index contributed by atoms with van der Waals surface area (Å²) in [5.41, 5.74) is 8.28. The van der Waals surface area contributed by atoms with Crippen molar-refractivity contribution in [1.82, 2.24) is 9.80 Å². The van der Waals surface area contributed by atoms with E-state index in [1.807, 2.05) is 0 Å². The van der Waals surface area contributed by atoms with Gasteiger partial charge >= 0.3 is 215 Å². The van der Waals surface area contributed by atoms with Crippen molar-refractivity contribution in [3.8, 4) is 0 Å². The number of rotatable bonds is 5. The van der Waals surface area contributed by atoms with Crippen molar-refractivity contribution in [2.24, 2.45) is 0 Å². The Balaban J connectivity index is 1.58. The first kappa shape index (κ1) is 23.4. The maximum absolute atomic E-state index is 8.43. The molecule has 6 heteroatoms. The van der Waals surface area contributed by atoms with E-state index in [1.54, 1.807) is 0 Å². The Morgan fingerprint density at radius 2 is 1.06 bits per heavy atom. The third-order valence-electron chi connectivity index (χ3n) is 8.96. The van der Waals surface area contributed by atoms with Crippen LogP contribution in [0, 0.1) is 0 Å². The molecule has 0 saturated carbocycles. The molecule has 0 spiro atoms. The van der Waals surface area contributed by atoms with Gasteiger partial charge in [-0.2, -0.15) is 0 Å². The van der Waals surface area contributed by atoms with Crippen molar-refractivity contribution in [2.45, 2.75) is 47.2 Å². The van der Waals surface area contributed by atoms with Crippen LogP contribution in [0.25, 0.3) is 12.2 Å². The second-order valence-electron chi connectivity index (χ2n) is 11.0. The molecular weight excluding hydrogens is 511 g/mol. The Morgan fingerprint density at radius 1 is 0.676 bits per heavy atom. The summed E-state index contributed by atoms with van der Waals surface area (Å²) in [6.07, 6.45) is 9.93. The molecule has 6 rings (SSSR count). The number of likely N-dealkylation sites (tertiary alicyclic amines) is 2.